The summed E-state index contributed by atoms with van der Waals surface area (Å²) in [4.78, 5) is 22.6. The van der Waals surface area contributed by atoms with Crippen molar-refractivity contribution >= 4 is 34.2 Å². The number of alkyl halides is 2. The van der Waals surface area contributed by atoms with E-state index >= 15 is 0 Å². The number of rotatable bonds is 6. The van der Waals surface area contributed by atoms with Gasteiger partial charge in [0.25, 0.3) is 0 Å². The SMILES string of the molecule is Cc1ccc(Nc2ncc(C)c(Nc3ccc4oc(=O)[nH]c4c3)n2)cc1OC(F)F. The van der Waals surface area contributed by atoms with Crippen LogP contribution in [0.3, 0.4) is 0 Å². The first-order valence-electron chi connectivity index (χ1n) is 8.93. The van der Waals surface area contributed by atoms with E-state index < -0.39 is 12.4 Å². The molecule has 8 nitrogen and oxygen atoms in total. The molecule has 0 aliphatic carbocycles. The number of hydrogen-bond acceptors (Lipinski definition) is 7. The number of ether oxygens (including phenoxy) is 1. The van der Waals surface area contributed by atoms with Gasteiger partial charge < -0.3 is 19.8 Å². The summed E-state index contributed by atoms with van der Waals surface area (Å²) in [5.41, 5.74) is 3.57. The number of nitrogens with one attached hydrogen (secondary N) is 3. The van der Waals surface area contributed by atoms with E-state index in [9.17, 15) is 13.6 Å². The summed E-state index contributed by atoms with van der Waals surface area (Å²) in [6.45, 7) is 0.605. The van der Waals surface area contributed by atoms with Crippen LogP contribution >= 0.6 is 0 Å². The Kier molecular flexibility index (Phi) is 5.05. The quantitative estimate of drug-likeness (QED) is 0.424. The minimum Gasteiger partial charge on any atom is -0.434 e. The summed E-state index contributed by atoms with van der Waals surface area (Å²) in [6.07, 6.45) is 1.63. The lowest BCUT2D eigenvalue weighted by atomic mass is 10.2. The van der Waals surface area contributed by atoms with E-state index in [1.165, 1.54) is 6.07 Å². The molecule has 0 saturated carbocycles. The summed E-state index contributed by atoms with van der Waals surface area (Å²) in [5.74, 6) is 0.351. The lowest BCUT2D eigenvalue weighted by Gasteiger charge is -2.13. The van der Waals surface area contributed by atoms with Gasteiger partial charge in [0.2, 0.25) is 5.95 Å². The standard InChI is InChI=1S/C20H17F2N5O3/c1-10-3-4-13(8-16(10)29-18(21)22)25-19-23-9-11(2)17(27-19)24-12-5-6-15-14(7-12)26-20(28)30-15/h3-9,18H,1-2H3,(H,26,28)(H2,23,24,25,27). The van der Waals surface area contributed by atoms with Gasteiger partial charge in [-0.3, -0.25) is 4.98 Å². The smallest absolute Gasteiger partial charge is 0.417 e. The fourth-order valence-electron chi connectivity index (χ4n) is 2.83. The number of aromatic amines is 1. The van der Waals surface area contributed by atoms with Crippen LogP contribution in [0.25, 0.3) is 11.1 Å². The zero-order chi connectivity index (χ0) is 21.3. The average molecular weight is 413 g/mol. The second-order valence-corrected chi connectivity index (χ2v) is 6.56. The number of benzene rings is 2. The molecule has 0 saturated heterocycles. The highest BCUT2D eigenvalue weighted by atomic mass is 19.3. The van der Waals surface area contributed by atoms with Crippen molar-refractivity contribution in [3.8, 4) is 5.75 Å². The molecule has 2 heterocycles. The number of oxazole rings is 1. The molecule has 0 radical (unpaired) electrons. The van der Waals surface area contributed by atoms with E-state index in [-0.39, 0.29) is 11.7 Å². The van der Waals surface area contributed by atoms with Crippen LogP contribution in [-0.4, -0.2) is 21.6 Å². The van der Waals surface area contributed by atoms with Gasteiger partial charge in [0, 0.05) is 29.2 Å². The number of nitrogens with zero attached hydrogens (tertiary/aromatic N) is 2. The maximum absolute atomic E-state index is 12.6. The fourth-order valence-corrected chi connectivity index (χ4v) is 2.83. The molecule has 154 valence electrons. The number of H-pyrrole nitrogens is 1. The summed E-state index contributed by atoms with van der Waals surface area (Å²) in [7, 11) is 0. The predicted molar refractivity (Wildman–Crippen MR) is 108 cm³/mol. The van der Waals surface area contributed by atoms with Crippen molar-refractivity contribution in [2.45, 2.75) is 20.5 Å². The number of aromatic nitrogens is 3. The highest BCUT2D eigenvalue weighted by Crippen LogP contribution is 2.27. The van der Waals surface area contributed by atoms with E-state index in [4.69, 9.17) is 4.42 Å². The van der Waals surface area contributed by atoms with Crippen LogP contribution in [0.5, 0.6) is 5.75 Å². The van der Waals surface area contributed by atoms with E-state index in [0.717, 1.165) is 5.56 Å². The van der Waals surface area contributed by atoms with Crippen LogP contribution in [0.1, 0.15) is 11.1 Å². The van der Waals surface area contributed by atoms with Gasteiger partial charge in [-0.25, -0.2) is 9.78 Å². The number of fused-ring (bicyclic) bond motifs is 1. The van der Waals surface area contributed by atoms with Crippen LogP contribution in [-0.2, 0) is 0 Å². The van der Waals surface area contributed by atoms with Crippen molar-refractivity contribution < 1.29 is 17.9 Å². The maximum atomic E-state index is 12.6. The van der Waals surface area contributed by atoms with Crippen molar-refractivity contribution in [2.75, 3.05) is 10.6 Å². The first-order chi connectivity index (χ1) is 14.4. The van der Waals surface area contributed by atoms with Gasteiger partial charge >= 0.3 is 12.4 Å². The highest BCUT2D eigenvalue weighted by molar-refractivity contribution is 5.78. The van der Waals surface area contributed by atoms with Crippen molar-refractivity contribution in [1.82, 2.24) is 15.0 Å². The first kappa shape index (κ1) is 19.4. The molecule has 2 aromatic heterocycles. The summed E-state index contributed by atoms with van der Waals surface area (Å²) in [5, 5.41) is 6.15. The molecule has 0 unspecified atom stereocenters. The second kappa shape index (κ2) is 7.82. The van der Waals surface area contributed by atoms with Gasteiger partial charge in [-0.05, 0) is 43.7 Å². The van der Waals surface area contributed by atoms with Gasteiger partial charge in [0.15, 0.2) is 5.58 Å². The van der Waals surface area contributed by atoms with Crippen LogP contribution < -0.4 is 21.1 Å². The Balaban J connectivity index is 1.57. The summed E-state index contributed by atoms with van der Waals surface area (Å²) in [6, 6.07) is 9.98. The molecular formula is C20H17F2N5O3. The largest absolute Gasteiger partial charge is 0.434 e. The van der Waals surface area contributed by atoms with Crippen molar-refractivity contribution in [3.05, 3.63) is 64.3 Å². The van der Waals surface area contributed by atoms with Crippen LogP contribution in [0.4, 0.5) is 31.9 Å². The molecule has 0 bridgehead atoms. The molecule has 0 aliphatic heterocycles. The number of anilines is 4. The number of halogens is 2. The van der Waals surface area contributed by atoms with E-state index in [0.29, 0.717) is 33.9 Å². The number of hydrogen-bond donors (Lipinski definition) is 3. The Hall–Kier alpha value is -3.95. The van der Waals surface area contributed by atoms with Crippen molar-refractivity contribution in [2.24, 2.45) is 0 Å². The third kappa shape index (κ3) is 4.22. The van der Waals surface area contributed by atoms with E-state index in [1.807, 2.05) is 6.92 Å². The molecule has 0 fully saturated rings. The minimum atomic E-state index is -2.91. The lowest BCUT2D eigenvalue weighted by molar-refractivity contribution is -0.0502. The Morgan fingerprint density at radius 1 is 1.07 bits per heavy atom. The predicted octanol–water partition coefficient (Wildman–Crippen LogP) is 4.62. The Labute approximate surface area is 168 Å². The molecule has 4 rings (SSSR count). The minimum absolute atomic E-state index is 0.0721. The Bertz CT molecular complexity index is 1270. The van der Waals surface area contributed by atoms with Gasteiger partial charge in [-0.1, -0.05) is 6.07 Å². The topological polar surface area (TPSA) is 105 Å². The average Bonchev–Trinajstić information content (AvgIpc) is 3.06. The first-order valence-corrected chi connectivity index (χ1v) is 8.93. The molecule has 0 spiro atoms. The van der Waals surface area contributed by atoms with Gasteiger partial charge in [0.05, 0.1) is 5.52 Å². The zero-order valence-corrected chi connectivity index (χ0v) is 16.0. The molecule has 0 atom stereocenters. The summed E-state index contributed by atoms with van der Waals surface area (Å²) < 4.78 is 34.6. The Morgan fingerprint density at radius 2 is 1.83 bits per heavy atom. The molecule has 0 amide bonds. The number of aryl methyl sites for hydroxylation is 2. The van der Waals surface area contributed by atoms with Gasteiger partial charge in [-0.15, -0.1) is 0 Å². The van der Waals surface area contributed by atoms with Crippen molar-refractivity contribution in [1.29, 1.82) is 0 Å². The molecule has 0 aliphatic rings. The third-order valence-corrected chi connectivity index (χ3v) is 4.31. The van der Waals surface area contributed by atoms with Gasteiger partial charge in [-0.2, -0.15) is 13.8 Å². The highest BCUT2D eigenvalue weighted by Gasteiger charge is 2.10. The normalized spacial score (nSPS) is 11.1. The van der Waals surface area contributed by atoms with E-state index in [2.05, 4.69) is 30.3 Å². The lowest BCUT2D eigenvalue weighted by Crippen LogP contribution is -2.05. The summed E-state index contributed by atoms with van der Waals surface area (Å²) >= 11 is 0. The maximum Gasteiger partial charge on any atom is 0.417 e. The molecule has 3 N–H and O–H groups in total. The van der Waals surface area contributed by atoms with E-state index in [1.54, 1.807) is 43.5 Å². The van der Waals surface area contributed by atoms with Crippen molar-refractivity contribution in [3.63, 3.8) is 0 Å². The molecule has 30 heavy (non-hydrogen) atoms. The zero-order valence-electron chi connectivity index (χ0n) is 16.0. The third-order valence-electron chi connectivity index (χ3n) is 4.31. The van der Waals surface area contributed by atoms with Gasteiger partial charge in [0.1, 0.15) is 11.6 Å². The van der Waals surface area contributed by atoms with Crippen LogP contribution in [0, 0.1) is 13.8 Å². The second-order valence-electron chi connectivity index (χ2n) is 6.56. The van der Waals surface area contributed by atoms with Crippen LogP contribution in [0.2, 0.25) is 0 Å². The molecule has 2 aromatic carbocycles. The Morgan fingerprint density at radius 3 is 2.63 bits per heavy atom. The monoisotopic (exact) mass is 413 g/mol. The fraction of sp³-hybridized carbons (Fsp3) is 0.150. The molecular weight excluding hydrogens is 396 g/mol. The van der Waals surface area contributed by atoms with Crippen LogP contribution in [0.15, 0.2) is 51.8 Å². The molecule has 10 heteroatoms. The molecule has 4 aromatic rings.